The van der Waals surface area contributed by atoms with E-state index in [9.17, 15) is 13.2 Å². The first kappa shape index (κ1) is 21.9. The number of sulfonamides is 1. The number of thioether (sulfide) groups is 1. The van der Waals surface area contributed by atoms with Crippen molar-refractivity contribution in [2.24, 2.45) is 0 Å². The van der Waals surface area contributed by atoms with Crippen LogP contribution in [-0.2, 0) is 21.4 Å². The molecular weight excluding hydrogens is 456 g/mol. The number of aromatic nitrogens is 4. The molecule has 0 unspecified atom stereocenters. The van der Waals surface area contributed by atoms with Crippen LogP contribution in [0, 0.1) is 0 Å². The zero-order chi connectivity index (χ0) is 21.8. The van der Waals surface area contributed by atoms with Gasteiger partial charge in [0.2, 0.25) is 21.1 Å². The average Bonchev–Trinajstić information content (AvgIpc) is 3.53. The Balaban J connectivity index is 1.37. The molecule has 0 radical (unpaired) electrons. The number of carbonyl (C=O) groups is 1. The SMILES string of the molecule is C[C@H](Sc1nnnn1Cc1cccs1)C(=O)Nc1ccc(S(=O)(=O)N2CCCC2)cc1. The standard InChI is InChI=1S/C19H22N6O3S3/c1-14(30-19-21-22-23-25(19)13-16-5-4-12-29-16)18(26)20-15-6-8-17(9-7-15)31(27,28)24-10-2-3-11-24/h4-9,12,14H,2-3,10-11,13H2,1H3,(H,20,26)/t14-/m0/s1. The van der Waals surface area contributed by atoms with Gasteiger partial charge in [0.05, 0.1) is 16.7 Å². The Labute approximate surface area is 188 Å². The summed E-state index contributed by atoms with van der Waals surface area (Å²) in [6.07, 6.45) is 1.78. The Kier molecular flexibility index (Phi) is 6.70. The molecule has 164 valence electrons. The molecule has 3 aromatic rings. The summed E-state index contributed by atoms with van der Waals surface area (Å²) in [6.45, 7) is 3.44. The normalized spacial score (nSPS) is 15.8. The van der Waals surface area contributed by atoms with E-state index in [2.05, 4.69) is 20.8 Å². The van der Waals surface area contributed by atoms with Gasteiger partial charge in [-0.2, -0.15) is 4.31 Å². The van der Waals surface area contributed by atoms with Gasteiger partial charge in [0.1, 0.15) is 0 Å². The van der Waals surface area contributed by atoms with Gasteiger partial charge in [-0.1, -0.05) is 17.8 Å². The molecule has 1 saturated heterocycles. The molecule has 1 fully saturated rings. The van der Waals surface area contributed by atoms with Crippen molar-refractivity contribution in [2.75, 3.05) is 18.4 Å². The Morgan fingerprint density at radius 1 is 1.23 bits per heavy atom. The van der Waals surface area contributed by atoms with Crippen LogP contribution in [0.15, 0.2) is 51.8 Å². The molecule has 3 heterocycles. The number of anilines is 1. The summed E-state index contributed by atoms with van der Waals surface area (Å²) in [5.74, 6) is -0.217. The third-order valence-electron chi connectivity index (χ3n) is 4.86. The third-order valence-corrected chi connectivity index (χ3v) is 8.71. The van der Waals surface area contributed by atoms with Gasteiger partial charge < -0.3 is 5.32 Å². The zero-order valence-electron chi connectivity index (χ0n) is 16.8. The van der Waals surface area contributed by atoms with Gasteiger partial charge in [0, 0.05) is 23.7 Å². The number of amides is 1. The van der Waals surface area contributed by atoms with E-state index in [-0.39, 0.29) is 10.8 Å². The Hall–Kier alpha value is -2.28. The van der Waals surface area contributed by atoms with Crippen LogP contribution < -0.4 is 5.32 Å². The van der Waals surface area contributed by atoms with Gasteiger partial charge in [-0.3, -0.25) is 4.79 Å². The van der Waals surface area contributed by atoms with E-state index < -0.39 is 15.3 Å². The number of hydrogen-bond acceptors (Lipinski definition) is 8. The van der Waals surface area contributed by atoms with Gasteiger partial charge in [-0.25, -0.2) is 13.1 Å². The molecule has 0 spiro atoms. The lowest BCUT2D eigenvalue weighted by Gasteiger charge is -2.16. The molecule has 0 bridgehead atoms. The highest BCUT2D eigenvalue weighted by Gasteiger charge is 2.27. The maximum absolute atomic E-state index is 12.6. The Morgan fingerprint density at radius 2 is 1.97 bits per heavy atom. The largest absolute Gasteiger partial charge is 0.325 e. The van der Waals surface area contributed by atoms with Gasteiger partial charge in [-0.05, 0) is 65.9 Å². The first-order chi connectivity index (χ1) is 14.9. The number of nitrogens with zero attached hydrogens (tertiary/aromatic N) is 5. The molecule has 1 aliphatic heterocycles. The van der Waals surface area contributed by atoms with E-state index in [1.54, 1.807) is 35.1 Å². The molecule has 0 aliphatic carbocycles. The lowest BCUT2D eigenvalue weighted by Crippen LogP contribution is -2.27. The number of nitrogens with one attached hydrogen (secondary N) is 1. The maximum atomic E-state index is 12.6. The van der Waals surface area contributed by atoms with Crippen molar-refractivity contribution in [1.82, 2.24) is 24.5 Å². The Morgan fingerprint density at radius 3 is 2.65 bits per heavy atom. The zero-order valence-corrected chi connectivity index (χ0v) is 19.3. The summed E-state index contributed by atoms with van der Waals surface area (Å²) in [6, 6.07) is 10.3. The van der Waals surface area contributed by atoms with E-state index in [1.807, 2.05) is 17.5 Å². The topological polar surface area (TPSA) is 110 Å². The highest BCUT2D eigenvalue weighted by molar-refractivity contribution is 8.00. The number of hydrogen-bond donors (Lipinski definition) is 1. The van der Waals surface area contributed by atoms with Crippen LogP contribution in [0.3, 0.4) is 0 Å². The molecule has 1 aromatic carbocycles. The van der Waals surface area contributed by atoms with E-state index in [0.29, 0.717) is 30.5 Å². The van der Waals surface area contributed by atoms with Crippen LogP contribution in [0.1, 0.15) is 24.6 Å². The lowest BCUT2D eigenvalue weighted by molar-refractivity contribution is -0.115. The van der Waals surface area contributed by atoms with Crippen molar-refractivity contribution in [3.05, 3.63) is 46.7 Å². The molecule has 4 rings (SSSR count). The van der Waals surface area contributed by atoms with Crippen LogP contribution in [0.4, 0.5) is 5.69 Å². The van der Waals surface area contributed by atoms with Crippen molar-refractivity contribution >= 4 is 44.7 Å². The summed E-state index contributed by atoms with van der Waals surface area (Å²) >= 11 is 2.88. The smallest absolute Gasteiger partial charge is 0.243 e. The number of rotatable bonds is 8. The number of thiophene rings is 1. The summed E-state index contributed by atoms with van der Waals surface area (Å²) in [5.41, 5.74) is 0.538. The van der Waals surface area contributed by atoms with Crippen LogP contribution in [0.25, 0.3) is 0 Å². The van der Waals surface area contributed by atoms with E-state index in [1.165, 1.54) is 28.2 Å². The second kappa shape index (κ2) is 9.47. The summed E-state index contributed by atoms with van der Waals surface area (Å²) in [7, 11) is -3.47. The monoisotopic (exact) mass is 478 g/mol. The highest BCUT2D eigenvalue weighted by atomic mass is 32.2. The van der Waals surface area contributed by atoms with Crippen molar-refractivity contribution in [3.8, 4) is 0 Å². The molecule has 2 aromatic heterocycles. The average molecular weight is 479 g/mol. The molecule has 1 aliphatic rings. The maximum Gasteiger partial charge on any atom is 0.243 e. The second-order valence-corrected chi connectivity index (χ2v) is 11.4. The fourth-order valence-electron chi connectivity index (χ4n) is 3.17. The molecule has 1 amide bonds. The molecule has 31 heavy (non-hydrogen) atoms. The van der Waals surface area contributed by atoms with Crippen molar-refractivity contribution in [3.63, 3.8) is 0 Å². The van der Waals surface area contributed by atoms with E-state index in [0.717, 1.165) is 17.7 Å². The number of carbonyl (C=O) groups excluding carboxylic acids is 1. The minimum absolute atomic E-state index is 0.217. The fraction of sp³-hybridized carbons (Fsp3) is 0.368. The first-order valence-corrected chi connectivity index (χ1v) is 13.0. The van der Waals surface area contributed by atoms with E-state index >= 15 is 0 Å². The summed E-state index contributed by atoms with van der Waals surface area (Å²) in [4.78, 5) is 14.0. The first-order valence-electron chi connectivity index (χ1n) is 9.80. The van der Waals surface area contributed by atoms with Crippen LogP contribution in [0.5, 0.6) is 0 Å². The molecule has 9 nitrogen and oxygen atoms in total. The van der Waals surface area contributed by atoms with Gasteiger partial charge >= 0.3 is 0 Å². The van der Waals surface area contributed by atoms with Gasteiger partial charge in [0.25, 0.3) is 0 Å². The highest BCUT2D eigenvalue weighted by Crippen LogP contribution is 2.25. The van der Waals surface area contributed by atoms with Crippen molar-refractivity contribution in [1.29, 1.82) is 0 Å². The molecule has 1 atom stereocenters. The minimum atomic E-state index is -3.47. The minimum Gasteiger partial charge on any atom is -0.325 e. The fourth-order valence-corrected chi connectivity index (χ4v) is 6.17. The van der Waals surface area contributed by atoms with Gasteiger partial charge in [-0.15, -0.1) is 16.4 Å². The molecule has 12 heteroatoms. The predicted molar refractivity (Wildman–Crippen MR) is 120 cm³/mol. The second-order valence-electron chi connectivity index (χ2n) is 7.08. The lowest BCUT2D eigenvalue weighted by atomic mass is 10.3. The van der Waals surface area contributed by atoms with E-state index in [4.69, 9.17) is 0 Å². The summed E-state index contributed by atoms with van der Waals surface area (Å²) in [5, 5.41) is 16.7. The third kappa shape index (κ3) is 5.14. The van der Waals surface area contributed by atoms with Crippen LogP contribution >= 0.6 is 23.1 Å². The van der Waals surface area contributed by atoms with Crippen molar-refractivity contribution in [2.45, 2.75) is 41.6 Å². The predicted octanol–water partition coefficient (Wildman–Crippen LogP) is 2.69. The number of benzene rings is 1. The molecular formula is C19H22N6O3S3. The number of tetrazole rings is 1. The quantitative estimate of drug-likeness (QED) is 0.496. The van der Waals surface area contributed by atoms with Crippen molar-refractivity contribution < 1.29 is 13.2 Å². The molecule has 1 N–H and O–H groups in total. The van der Waals surface area contributed by atoms with Gasteiger partial charge in [0.15, 0.2) is 0 Å². The molecule has 0 saturated carbocycles. The van der Waals surface area contributed by atoms with Crippen LogP contribution in [0.2, 0.25) is 0 Å². The van der Waals surface area contributed by atoms with Crippen LogP contribution in [-0.4, -0.2) is 57.2 Å². The summed E-state index contributed by atoms with van der Waals surface area (Å²) < 4.78 is 28.4. The Bertz CT molecular complexity index is 1120.